The maximum absolute atomic E-state index is 15.3. The van der Waals surface area contributed by atoms with Gasteiger partial charge in [0, 0.05) is 23.1 Å². The maximum Gasteiger partial charge on any atom is 0.265 e. The number of anilines is 1. The Bertz CT molecular complexity index is 1790. The molecule has 282 valence electrons. The predicted octanol–water partition coefficient (Wildman–Crippen LogP) is 6.43. The van der Waals surface area contributed by atoms with Gasteiger partial charge in [-0.2, -0.15) is 0 Å². The van der Waals surface area contributed by atoms with Gasteiger partial charge < -0.3 is 28.3 Å². The fraction of sp³-hybridized carbons (Fsp3) is 0.639. The Morgan fingerprint density at radius 3 is 2.31 bits per heavy atom. The third-order valence-electron chi connectivity index (χ3n) is 10.9. The number of methoxy groups -OCH3 is 1. The molecule has 4 atom stereocenters. The lowest BCUT2D eigenvalue weighted by atomic mass is 9.58. The van der Waals surface area contributed by atoms with Gasteiger partial charge in [-0.25, -0.2) is 8.42 Å². The van der Waals surface area contributed by atoms with Crippen LogP contribution in [0.4, 0.5) is 5.69 Å². The summed E-state index contributed by atoms with van der Waals surface area (Å²) in [6.45, 7) is 14.7. The first kappa shape index (κ1) is 38.8. The van der Waals surface area contributed by atoms with E-state index in [4.69, 9.17) is 23.2 Å². The molecular formula is C36H53N3O10SSi. The van der Waals surface area contributed by atoms with Crippen molar-refractivity contribution in [1.82, 2.24) is 10.1 Å². The van der Waals surface area contributed by atoms with Crippen LogP contribution in [0.25, 0.3) is 0 Å². The van der Waals surface area contributed by atoms with Crippen LogP contribution in [0.15, 0.2) is 21.9 Å². The van der Waals surface area contributed by atoms with Crippen LogP contribution < -0.4 is 18.9 Å². The minimum absolute atomic E-state index is 0.0333. The smallest absolute Gasteiger partial charge is 0.265 e. The fourth-order valence-corrected chi connectivity index (χ4v) is 9.21. The Hall–Kier alpha value is -3.40. The zero-order chi connectivity index (χ0) is 37.6. The fourth-order valence-electron chi connectivity index (χ4n) is 7.40. The number of aliphatic hydroxyl groups is 1. The van der Waals surface area contributed by atoms with E-state index in [0.717, 1.165) is 19.3 Å². The molecule has 0 unspecified atom stereocenters. The Morgan fingerprint density at radius 2 is 1.75 bits per heavy atom. The summed E-state index contributed by atoms with van der Waals surface area (Å²) in [5, 5.41) is 16.6. The van der Waals surface area contributed by atoms with Crippen LogP contribution in [-0.2, 0) is 21.7 Å². The van der Waals surface area contributed by atoms with Crippen molar-refractivity contribution >= 4 is 36.5 Å². The first-order valence-electron chi connectivity index (χ1n) is 17.8. The van der Waals surface area contributed by atoms with Gasteiger partial charge in [0.1, 0.15) is 17.1 Å². The summed E-state index contributed by atoms with van der Waals surface area (Å²) >= 11 is 0. The monoisotopic (exact) mass is 747 g/mol. The van der Waals surface area contributed by atoms with Crippen LogP contribution in [0.1, 0.15) is 105 Å². The summed E-state index contributed by atoms with van der Waals surface area (Å²) in [4.78, 5) is 32.2. The highest BCUT2D eigenvalue weighted by Crippen LogP contribution is 2.60. The number of aliphatic hydroxyl groups excluding tert-OH is 1. The van der Waals surface area contributed by atoms with Gasteiger partial charge in [0.05, 0.1) is 37.6 Å². The van der Waals surface area contributed by atoms with Crippen LogP contribution in [0.3, 0.4) is 0 Å². The third kappa shape index (κ3) is 6.59. The second-order valence-electron chi connectivity index (χ2n) is 15.5. The Kier molecular flexibility index (Phi) is 11.1. The van der Waals surface area contributed by atoms with Crippen molar-refractivity contribution in [1.29, 1.82) is 0 Å². The van der Waals surface area contributed by atoms with Gasteiger partial charge in [0.15, 0.2) is 31.2 Å². The highest BCUT2D eigenvalue weighted by Gasteiger charge is 2.67. The molecule has 0 saturated heterocycles. The van der Waals surface area contributed by atoms with E-state index in [9.17, 15) is 13.5 Å². The molecule has 0 bridgehead atoms. The average molecular weight is 748 g/mol. The second-order valence-corrected chi connectivity index (χ2v) is 20.9. The van der Waals surface area contributed by atoms with E-state index >= 15 is 9.59 Å². The molecule has 3 aliphatic rings. The number of ketones is 2. The maximum atomic E-state index is 15.3. The van der Waals surface area contributed by atoms with Gasteiger partial charge in [0.2, 0.25) is 16.7 Å². The number of hydrogen-bond donors (Lipinski definition) is 3. The Morgan fingerprint density at radius 1 is 1.10 bits per heavy atom. The van der Waals surface area contributed by atoms with Crippen molar-refractivity contribution in [3.05, 3.63) is 39.8 Å². The summed E-state index contributed by atoms with van der Waals surface area (Å²) in [5.74, 6) is -2.07. The molecule has 0 spiro atoms. The molecule has 2 N–H and O–H groups in total. The number of thiol groups is 1. The van der Waals surface area contributed by atoms with Gasteiger partial charge in [0.25, 0.3) is 5.88 Å². The van der Waals surface area contributed by atoms with Crippen LogP contribution >= 0.6 is 0 Å². The molecule has 0 saturated carbocycles. The number of carbonyl (C=O) groups is 2. The van der Waals surface area contributed by atoms with Crippen LogP contribution in [0.2, 0.25) is 18.1 Å². The summed E-state index contributed by atoms with van der Waals surface area (Å²) in [5.41, 5.74) is -1.15. The van der Waals surface area contributed by atoms with Crippen molar-refractivity contribution < 1.29 is 46.3 Å². The largest absolute Gasteiger partial charge is 0.508 e. The Labute approximate surface area is 303 Å². The van der Waals surface area contributed by atoms with E-state index in [-0.39, 0.29) is 58.5 Å². The number of aromatic nitrogens is 1. The quantitative estimate of drug-likeness (QED) is 0.110. The second kappa shape index (κ2) is 14.6. The molecule has 15 heteroatoms. The number of nitrogens with zero attached hydrogens (tertiary/aromatic N) is 2. The lowest BCUT2D eigenvalue weighted by Gasteiger charge is -2.55. The lowest BCUT2D eigenvalue weighted by Crippen LogP contribution is -2.65. The minimum atomic E-state index is -3.12. The number of ether oxygens (including phenoxy) is 3. The molecule has 51 heavy (non-hydrogen) atoms. The summed E-state index contributed by atoms with van der Waals surface area (Å²) in [6, 6.07) is 0.947. The number of unbranched alkanes of at least 4 members (excludes halogenated alkanes) is 2. The molecule has 1 aromatic carbocycles. The molecule has 1 aromatic heterocycles. The van der Waals surface area contributed by atoms with Gasteiger partial charge in [-0.05, 0) is 69.0 Å². The zero-order valence-corrected chi connectivity index (χ0v) is 33.3. The highest BCUT2D eigenvalue weighted by atomic mass is 32.2. The predicted molar refractivity (Wildman–Crippen MR) is 195 cm³/mol. The van der Waals surface area contributed by atoms with Crippen molar-refractivity contribution in [2.75, 3.05) is 39.1 Å². The van der Waals surface area contributed by atoms with Crippen molar-refractivity contribution in [3.63, 3.8) is 0 Å². The molecule has 2 aromatic rings. The van der Waals surface area contributed by atoms with E-state index in [1.54, 1.807) is 0 Å². The standard InChI is InChI=1S/C36H53N3O10SSi/c1-11-13-15-46-30-23(38-50(43)44)19-24(45-8)21-17-20-18-22-28(39(6)7)31-27(34(37-48-31)47-16-14-12-2)33(42)36(22,49-51(9,10)35(3,4)5)32(41)25(20)29(40)26(21)30/h19-20,22,28,41,50H,11-18H2,1-10H3,(H,38,43,44)/t20-,22-,28-,36-/m0/s1. The topological polar surface area (TPSA) is 167 Å². The number of carbonyl (C=O) groups excluding carboxylic acids is 2. The normalized spacial score (nSPS) is 23.2. The number of nitrogens with one attached hydrogen (secondary N) is 1. The van der Waals surface area contributed by atoms with Gasteiger partial charge in [-0.15, -0.1) is 0 Å². The molecular weight excluding hydrogens is 695 g/mol. The number of fused-ring (bicyclic) bond motifs is 4. The van der Waals surface area contributed by atoms with Crippen LogP contribution in [-0.4, -0.2) is 83.5 Å². The first-order valence-corrected chi connectivity index (χ1v) is 21.8. The number of Topliss-reactive ketones (excluding diaryl/α,β-unsaturated/α-hetero) is 2. The summed E-state index contributed by atoms with van der Waals surface area (Å²) < 4.78 is 57.2. The van der Waals surface area contributed by atoms with E-state index < -0.39 is 60.0 Å². The molecule has 1 heterocycles. The van der Waals surface area contributed by atoms with Crippen molar-refractivity contribution in [3.8, 4) is 17.4 Å². The first-order chi connectivity index (χ1) is 24.0. The molecule has 0 amide bonds. The molecule has 3 aliphatic carbocycles. The third-order valence-corrected chi connectivity index (χ3v) is 15.8. The van der Waals surface area contributed by atoms with E-state index in [1.165, 1.54) is 13.2 Å². The van der Waals surface area contributed by atoms with E-state index in [0.29, 0.717) is 30.1 Å². The summed E-state index contributed by atoms with van der Waals surface area (Å²) in [7, 11) is -0.816. The molecule has 13 nitrogen and oxygen atoms in total. The van der Waals surface area contributed by atoms with E-state index in [2.05, 4.69) is 9.88 Å². The molecule has 0 fully saturated rings. The summed E-state index contributed by atoms with van der Waals surface area (Å²) in [6.07, 6.45) is 3.59. The van der Waals surface area contributed by atoms with Crippen LogP contribution in [0, 0.1) is 11.8 Å². The number of rotatable bonds is 14. The zero-order valence-electron chi connectivity index (χ0n) is 31.4. The molecule has 0 radical (unpaired) electrons. The van der Waals surface area contributed by atoms with Gasteiger partial charge in [-0.3, -0.25) is 19.2 Å². The van der Waals surface area contributed by atoms with E-state index in [1.807, 2.05) is 66.7 Å². The molecule has 5 rings (SSSR count). The minimum Gasteiger partial charge on any atom is -0.508 e. The highest BCUT2D eigenvalue weighted by molar-refractivity contribution is 7.73. The lowest BCUT2D eigenvalue weighted by molar-refractivity contribution is -0.0480. The number of hydrogen-bond acceptors (Lipinski definition) is 12. The average Bonchev–Trinajstić information content (AvgIpc) is 3.45. The van der Waals surface area contributed by atoms with Gasteiger partial charge in [-0.1, -0.05) is 47.5 Å². The molecule has 0 aliphatic heterocycles. The number of allylic oxidation sites excluding steroid dienone is 1. The Balaban J connectivity index is 1.82. The SMILES string of the molecule is CCCCOc1noc2c1C(=O)[C@@]1(O[Si](C)(C)C(C)(C)C)C(O)=C3C(=O)c4c(c(OC)cc(N[SH](=O)=O)c4OCCCC)C[C@H]3C[C@H]1[C@@H]2N(C)C. The van der Waals surface area contributed by atoms with Gasteiger partial charge >= 0.3 is 0 Å². The van der Waals surface area contributed by atoms with Crippen LogP contribution in [0.5, 0.6) is 17.4 Å². The number of benzene rings is 1. The van der Waals surface area contributed by atoms with Crippen molar-refractivity contribution in [2.45, 2.75) is 103 Å². The van der Waals surface area contributed by atoms with Crippen molar-refractivity contribution in [2.24, 2.45) is 11.8 Å².